The first-order chi connectivity index (χ1) is 16.5. The molecule has 3 heterocycles. The smallest absolute Gasteiger partial charge is 0.258 e. The highest BCUT2D eigenvalue weighted by Crippen LogP contribution is 2.39. The Morgan fingerprint density at radius 3 is 2.62 bits per heavy atom. The minimum absolute atomic E-state index is 0.287. The predicted octanol–water partition coefficient (Wildman–Crippen LogP) is 6.68. The van der Waals surface area contributed by atoms with Crippen molar-refractivity contribution < 1.29 is 8.91 Å². The number of thiocarbonyl (C=S) groups is 1. The minimum atomic E-state index is -0.290. The van der Waals surface area contributed by atoms with Crippen molar-refractivity contribution in [1.29, 1.82) is 0 Å². The molecule has 8 heteroatoms. The fourth-order valence-corrected chi connectivity index (χ4v) is 5.10. The van der Waals surface area contributed by atoms with Crippen LogP contribution >= 0.6 is 23.6 Å². The molecule has 0 saturated heterocycles. The van der Waals surface area contributed by atoms with Crippen LogP contribution in [0.15, 0.2) is 70.2 Å². The highest BCUT2D eigenvalue weighted by Gasteiger charge is 2.35. The molecule has 1 aliphatic heterocycles. The molecule has 0 bridgehead atoms. The van der Waals surface area contributed by atoms with Crippen LogP contribution in [0.25, 0.3) is 16.3 Å². The summed E-state index contributed by atoms with van der Waals surface area (Å²) < 4.78 is 20.2. The summed E-state index contributed by atoms with van der Waals surface area (Å²) in [4.78, 5) is 7.46. The van der Waals surface area contributed by atoms with Crippen LogP contribution in [0.1, 0.15) is 42.5 Å². The van der Waals surface area contributed by atoms with Gasteiger partial charge in [-0.25, -0.2) is 4.39 Å². The Morgan fingerprint density at radius 2 is 1.94 bits per heavy atom. The van der Waals surface area contributed by atoms with Crippen LogP contribution in [-0.2, 0) is 6.42 Å². The summed E-state index contributed by atoms with van der Waals surface area (Å²) in [6.45, 7) is 5.81. The van der Waals surface area contributed by atoms with Gasteiger partial charge in [0.05, 0.1) is 22.2 Å². The van der Waals surface area contributed by atoms with Gasteiger partial charge in [0.2, 0.25) is 5.82 Å². The van der Waals surface area contributed by atoms with Gasteiger partial charge in [0, 0.05) is 5.70 Å². The second-order valence-corrected chi connectivity index (χ2v) is 9.48. The second kappa shape index (κ2) is 9.12. The second-order valence-electron chi connectivity index (χ2n) is 8.15. The lowest BCUT2D eigenvalue weighted by atomic mass is 9.93. The lowest BCUT2D eigenvalue weighted by molar-refractivity contribution is 0.404. The molecule has 4 aromatic rings. The van der Waals surface area contributed by atoms with Crippen molar-refractivity contribution in [2.75, 3.05) is 4.90 Å². The SMILES string of the molecule is CCc1ccc(C2NC(=S)N(c3ccc(C)c(F)c3)C(C)=C2c2nc(-c3cccs3)no2)cc1. The van der Waals surface area contributed by atoms with Crippen molar-refractivity contribution in [2.24, 2.45) is 0 Å². The molecule has 2 aromatic heterocycles. The van der Waals surface area contributed by atoms with E-state index < -0.39 is 0 Å². The number of allylic oxidation sites excluding steroid dienone is 1. The Hall–Kier alpha value is -3.36. The Balaban J connectivity index is 1.65. The number of benzene rings is 2. The number of nitrogens with one attached hydrogen (secondary N) is 1. The van der Waals surface area contributed by atoms with Crippen molar-refractivity contribution in [3.8, 4) is 10.7 Å². The maximum absolute atomic E-state index is 14.4. The highest BCUT2D eigenvalue weighted by molar-refractivity contribution is 7.80. The van der Waals surface area contributed by atoms with E-state index in [0.717, 1.165) is 28.1 Å². The highest BCUT2D eigenvalue weighted by atomic mass is 32.1. The Morgan fingerprint density at radius 1 is 1.15 bits per heavy atom. The van der Waals surface area contributed by atoms with Crippen molar-refractivity contribution in [3.63, 3.8) is 0 Å². The maximum atomic E-state index is 14.4. The average Bonchev–Trinajstić information content (AvgIpc) is 3.53. The van der Waals surface area contributed by atoms with Crippen molar-refractivity contribution in [1.82, 2.24) is 15.5 Å². The molecule has 0 spiro atoms. The monoisotopic (exact) mass is 490 g/mol. The van der Waals surface area contributed by atoms with E-state index in [4.69, 9.17) is 21.7 Å². The van der Waals surface area contributed by atoms with Gasteiger partial charge < -0.3 is 9.84 Å². The molecule has 1 N–H and O–H groups in total. The first kappa shape index (κ1) is 22.4. The number of halogens is 1. The standard InChI is InChI=1S/C26H23FN4OS2/c1-4-17-8-10-18(11-9-17)23-22(25-29-24(30-32-25)21-6-5-13-34-21)16(3)31(26(33)28-23)19-12-7-15(2)20(27)14-19/h5-14,23H,4H2,1-3H3,(H,28,33). The van der Waals surface area contributed by atoms with Gasteiger partial charge in [0.25, 0.3) is 5.89 Å². The van der Waals surface area contributed by atoms with Crippen LogP contribution in [0.2, 0.25) is 0 Å². The summed E-state index contributed by atoms with van der Waals surface area (Å²) >= 11 is 7.30. The van der Waals surface area contributed by atoms with E-state index in [9.17, 15) is 4.39 Å². The van der Waals surface area contributed by atoms with Gasteiger partial charge in [0.1, 0.15) is 5.82 Å². The Bertz CT molecular complexity index is 1380. The number of rotatable bonds is 5. The number of hydrogen-bond donors (Lipinski definition) is 1. The summed E-state index contributed by atoms with van der Waals surface area (Å²) in [5.74, 6) is 0.647. The van der Waals surface area contributed by atoms with Crippen LogP contribution in [0, 0.1) is 12.7 Å². The molecule has 0 saturated carbocycles. The zero-order valence-electron chi connectivity index (χ0n) is 19.0. The molecule has 0 fully saturated rings. The van der Waals surface area contributed by atoms with Crippen molar-refractivity contribution >= 4 is 39.9 Å². The quantitative estimate of drug-likeness (QED) is 0.315. The minimum Gasteiger partial charge on any atom is -0.351 e. The summed E-state index contributed by atoms with van der Waals surface area (Å²) in [5, 5.41) is 10.1. The van der Waals surface area contributed by atoms with Crippen LogP contribution in [0.4, 0.5) is 10.1 Å². The number of nitrogens with zero attached hydrogens (tertiary/aromatic N) is 3. The molecule has 0 radical (unpaired) electrons. The molecule has 5 rings (SSSR count). The van der Waals surface area contributed by atoms with Gasteiger partial charge in [-0.05, 0) is 72.8 Å². The van der Waals surface area contributed by atoms with Crippen LogP contribution in [0.5, 0.6) is 0 Å². The van der Waals surface area contributed by atoms with E-state index in [-0.39, 0.29) is 11.9 Å². The van der Waals surface area contributed by atoms with E-state index in [0.29, 0.717) is 28.1 Å². The van der Waals surface area contributed by atoms with E-state index >= 15 is 0 Å². The Kier molecular flexibility index (Phi) is 6.02. The van der Waals surface area contributed by atoms with Crippen LogP contribution in [-0.4, -0.2) is 15.3 Å². The number of anilines is 1. The van der Waals surface area contributed by atoms with Gasteiger partial charge >= 0.3 is 0 Å². The van der Waals surface area contributed by atoms with E-state index in [1.165, 1.54) is 11.6 Å². The number of aromatic nitrogens is 2. The van der Waals surface area contributed by atoms with Gasteiger partial charge in [-0.15, -0.1) is 11.3 Å². The molecule has 172 valence electrons. The van der Waals surface area contributed by atoms with Gasteiger partial charge in [-0.1, -0.05) is 48.5 Å². The summed E-state index contributed by atoms with van der Waals surface area (Å²) in [6, 6.07) is 17.1. The first-order valence-corrected chi connectivity index (χ1v) is 12.3. The fourth-order valence-electron chi connectivity index (χ4n) is 4.09. The molecule has 1 atom stereocenters. The summed E-state index contributed by atoms with van der Waals surface area (Å²) in [5.41, 5.74) is 5.09. The number of thiophene rings is 1. The maximum Gasteiger partial charge on any atom is 0.258 e. The van der Waals surface area contributed by atoms with Gasteiger partial charge in [-0.2, -0.15) is 4.98 Å². The zero-order valence-corrected chi connectivity index (χ0v) is 20.6. The molecule has 0 amide bonds. The lowest BCUT2D eigenvalue weighted by Gasteiger charge is -2.37. The largest absolute Gasteiger partial charge is 0.351 e. The van der Waals surface area contributed by atoms with Crippen LogP contribution in [0.3, 0.4) is 0 Å². The lowest BCUT2D eigenvalue weighted by Crippen LogP contribution is -2.46. The molecular weight excluding hydrogens is 467 g/mol. The molecular formula is C26H23FN4OS2. The third-order valence-electron chi connectivity index (χ3n) is 6.02. The van der Waals surface area contributed by atoms with E-state index in [2.05, 4.69) is 41.7 Å². The predicted molar refractivity (Wildman–Crippen MR) is 138 cm³/mol. The van der Waals surface area contributed by atoms with Gasteiger partial charge in [0.15, 0.2) is 5.11 Å². The van der Waals surface area contributed by atoms with E-state index in [1.54, 1.807) is 24.3 Å². The fraction of sp³-hybridized carbons (Fsp3) is 0.192. The zero-order chi connectivity index (χ0) is 23.8. The topological polar surface area (TPSA) is 54.2 Å². The molecule has 1 aliphatic rings. The summed E-state index contributed by atoms with van der Waals surface area (Å²) in [7, 11) is 0. The van der Waals surface area contributed by atoms with Crippen molar-refractivity contribution in [3.05, 3.63) is 94.1 Å². The summed E-state index contributed by atoms with van der Waals surface area (Å²) in [6.07, 6.45) is 0.957. The molecule has 34 heavy (non-hydrogen) atoms. The van der Waals surface area contributed by atoms with Crippen molar-refractivity contribution in [2.45, 2.75) is 33.2 Å². The molecule has 2 aromatic carbocycles. The average molecular weight is 491 g/mol. The Labute approximate surface area is 206 Å². The normalized spacial score (nSPS) is 16.2. The number of hydrogen-bond acceptors (Lipinski definition) is 5. The number of aryl methyl sites for hydroxylation is 2. The molecule has 5 nitrogen and oxygen atoms in total. The first-order valence-electron chi connectivity index (χ1n) is 11.0. The van der Waals surface area contributed by atoms with Crippen LogP contribution < -0.4 is 10.2 Å². The molecule has 0 aliphatic carbocycles. The van der Waals surface area contributed by atoms with Gasteiger partial charge in [-0.3, -0.25) is 4.90 Å². The third-order valence-corrected chi connectivity index (χ3v) is 7.18. The third kappa shape index (κ3) is 4.03. The molecule has 1 unspecified atom stereocenters. The van der Waals surface area contributed by atoms with E-state index in [1.807, 2.05) is 35.4 Å².